The molecule has 0 bridgehead atoms. The molecule has 1 atom stereocenters. The van der Waals surface area contributed by atoms with Crippen LogP contribution in [0, 0.1) is 17.2 Å². The number of aromatic nitrogens is 1. The highest BCUT2D eigenvalue weighted by atomic mass is 16.5. The number of carbonyl (C=O) groups is 1. The Morgan fingerprint density at radius 2 is 2.33 bits per heavy atom. The zero-order chi connectivity index (χ0) is 15.2. The van der Waals surface area contributed by atoms with E-state index in [1.807, 2.05) is 11.0 Å². The highest BCUT2D eigenvalue weighted by molar-refractivity contribution is 5.78. The highest BCUT2D eigenvalue weighted by Gasteiger charge is 2.30. The maximum absolute atomic E-state index is 11.9. The second-order valence-corrected chi connectivity index (χ2v) is 5.07. The molecule has 0 spiro atoms. The first-order valence-electron chi connectivity index (χ1n) is 6.88. The average molecular weight is 289 g/mol. The smallest absolute Gasteiger partial charge is 0.231 e. The van der Waals surface area contributed by atoms with Crippen molar-refractivity contribution < 1.29 is 14.3 Å². The van der Waals surface area contributed by atoms with Crippen molar-refractivity contribution in [3.63, 3.8) is 0 Å². The van der Waals surface area contributed by atoms with Crippen LogP contribution in [0.1, 0.15) is 17.5 Å². The third-order valence-corrected chi connectivity index (χ3v) is 3.68. The molecule has 1 aliphatic heterocycles. The topological polar surface area (TPSA) is 75.5 Å². The standard InChI is InChI=1S/C15H19N3O3/c1-20-6-5-18-10-11(8-14(18)19)7-12-3-4-17-15(21-2)13(12)9-16/h3-4,11H,5-8,10H2,1-2H3/t11-/m0/s1. The van der Waals surface area contributed by atoms with Crippen LogP contribution in [0.3, 0.4) is 0 Å². The number of hydrogen-bond donors (Lipinski definition) is 0. The summed E-state index contributed by atoms with van der Waals surface area (Å²) in [4.78, 5) is 17.8. The predicted molar refractivity (Wildman–Crippen MR) is 75.8 cm³/mol. The maximum Gasteiger partial charge on any atom is 0.231 e. The Bertz CT molecular complexity index is 554. The number of ether oxygens (including phenoxy) is 2. The molecule has 1 saturated heterocycles. The molecule has 2 heterocycles. The van der Waals surface area contributed by atoms with Gasteiger partial charge in [-0.1, -0.05) is 0 Å². The summed E-state index contributed by atoms with van der Waals surface area (Å²) >= 11 is 0. The molecule has 0 radical (unpaired) electrons. The zero-order valence-electron chi connectivity index (χ0n) is 12.3. The Labute approximate surface area is 124 Å². The predicted octanol–water partition coefficient (Wildman–Crippen LogP) is 0.999. The van der Waals surface area contributed by atoms with Crippen molar-refractivity contribution in [3.8, 4) is 11.9 Å². The lowest BCUT2D eigenvalue weighted by Crippen LogP contribution is -2.29. The van der Waals surface area contributed by atoms with Gasteiger partial charge in [-0.3, -0.25) is 4.79 Å². The summed E-state index contributed by atoms with van der Waals surface area (Å²) in [5, 5.41) is 9.26. The van der Waals surface area contributed by atoms with Crippen LogP contribution in [0.2, 0.25) is 0 Å². The van der Waals surface area contributed by atoms with E-state index >= 15 is 0 Å². The van der Waals surface area contributed by atoms with Crippen LogP contribution in [-0.2, 0) is 16.0 Å². The van der Waals surface area contributed by atoms with Gasteiger partial charge >= 0.3 is 0 Å². The van der Waals surface area contributed by atoms with Crippen molar-refractivity contribution in [2.45, 2.75) is 12.8 Å². The first kappa shape index (κ1) is 15.3. The second-order valence-electron chi connectivity index (χ2n) is 5.07. The SMILES string of the molecule is COCCN1C[C@@H](Cc2ccnc(OC)c2C#N)CC1=O. The van der Waals surface area contributed by atoms with Gasteiger partial charge in [0.25, 0.3) is 0 Å². The van der Waals surface area contributed by atoms with E-state index in [4.69, 9.17) is 9.47 Å². The van der Waals surface area contributed by atoms with Gasteiger partial charge in [-0.25, -0.2) is 4.98 Å². The Hall–Kier alpha value is -2.13. The molecule has 0 saturated carbocycles. The van der Waals surface area contributed by atoms with E-state index in [9.17, 15) is 10.1 Å². The molecular formula is C15H19N3O3. The van der Waals surface area contributed by atoms with Gasteiger partial charge in [0.15, 0.2) is 0 Å². The fraction of sp³-hybridized carbons (Fsp3) is 0.533. The number of nitriles is 1. The number of likely N-dealkylation sites (tertiary alicyclic amines) is 1. The van der Waals surface area contributed by atoms with Gasteiger partial charge in [0, 0.05) is 32.8 Å². The summed E-state index contributed by atoms with van der Waals surface area (Å²) in [7, 11) is 3.12. The lowest BCUT2D eigenvalue weighted by atomic mass is 9.96. The van der Waals surface area contributed by atoms with Crippen LogP contribution in [0.4, 0.5) is 0 Å². The Morgan fingerprint density at radius 3 is 3.00 bits per heavy atom. The van der Waals surface area contributed by atoms with E-state index in [0.717, 1.165) is 5.56 Å². The van der Waals surface area contributed by atoms with E-state index in [2.05, 4.69) is 11.1 Å². The van der Waals surface area contributed by atoms with Crippen LogP contribution in [0.5, 0.6) is 5.88 Å². The number of hydrogen-bond acceptors (Lipinski definition) is 5. The van der Waals surface area contributed by atoms with Gasteiger partial charge in [0.1, 0.15) is 11.6 Å². The molecule has 6 heteroatoms. The normalized spacial score (nSPS) is 17.9. The zero-order valence-corrected chi connectivity index (χ0v) is 12.3. The molecule has 0 aromatic carbocycles. The molecule has 0 aliphatic carbocycles. The molecule has 1 amide bonds. The van der Waals surface area contributed by atoms with Crippen LogP contribution in [0.25, 0.3) is 0 Å². The van der Waals surface area contributed by atoms with Crippen LogP contribution in [0.15, 0.2) is 12.3 Å². The van der Waals surface area contributed by atoms with E-state index in [1.54, 1.807) is 13.3 Å². The van der Waals surface area contributed by atoms with Crippen LogP contribution in [-0.4, -0.2) is 49.7 Å². The second kappa shape index (κ2) is 7.04. The van der Waals surface area contributed by atoms with Crippen molar-refractivity contribution in [2.24, 2.45) is 5.92 Å². The minimum absolute atomic E-state index is 0.150. The van der Waals surface area contributed by atoms with Crippen molar-refractivity contribution in [3.05, 3.63) is 23.4 Å². The minimum Gasteiger partial charge on any atom is -0.480 e. The number of rotatable bonds is 6. The lowest BCUT2D eigenvalue weighted by molar-refractivity contribution is -0.128. The van der Waals surface area contributed by atoms with Crippen LogP contribution >= 0.6 is 0 Å². The van der Waals surface area contributed by atoms with E-state index in [-0.39, 0.29) is 11.8 Å². The molecule has 0 N–H and O–H groups in total. The third-order valence-electron chi connectivity index (χ3n) is 3.68. The van der Waals surface area contributed by atoms with Gasteiger partial charge in [0.2, 0.25) is 11.8 Å². The number of nitrogens with zero attached hydrogens (tertiary/aromatic N) is 3. The molecule has 1 fully saturated rings. The molecule has 6 nitrogen and oxygen atoms in total. The van der Waals surface area contributed by atoms with Crippen molar-refractivity contribution in [1.82, 2.24) is 9.88 Å². The van der Waals surface area contributed by atoms with Gasteiger partial charge in [-0.2, -0.15) is 5.26 Å². The van der Waals surface area contributed by atoms with Crippen LogP contribution < -0.4 is 4.74 Å². The quantitative estimate of drug-likeness (QED) is 0.781. The Kier molecular flexibility index (Phi) is 5.12. The molecular weight excluding hydrogens is 270 g/mol. The molecule has 0 unspecified atom stereocenters. The summed E-state index contributed by atoms with van der Waals surface area (Å²) in [6, 6.07) is 3.96. The third kappa shape index (κ3) is 3.50. The minimum atomic E-state index is 0.150. The lowest BCUT2D eigenvalue weighted by Gasteiger charge is -2.16. The van der Waals surface area contributed by atoms with Gasteiger partial charge in [-0.05, 0) is 24.0 Å². The van der Waals surface area contributed by atoms with Crippen molar-refractivity contribution in [1.29, 1.82) is 5.26 Å². The molecule has 2 rings (SSSR count). The van der Waals surface area contributed by atoms with E-state index < -0.39 is 0 Å². The van der Waals surface area contributed by atoms with E-state index in [1.165, 1.54) is 7.11 Å². The van der Waals surface area contributed by atoms with E-state index in [0.29, 0.717) is 44.0 Å². The van der Waals surface area contributed by atoms with Gasteiger partial charge in [0.05, 0.1) is 13.7 Å². The first-order chi connectivity index (χ1) is 10.2. The number of amides is 1. The highest BCUT2D eigenvalue weighted by Crippen LogP contribution is 2.26. The van der Waals surface area contributed by atoms with Gasteiger partial charge in [-0.15, -0.1) is 0 Å². The number of pyridine rings is 1. The monoisotopic (exact) mass is 289 g/mol. The Balaban J connectivity index is 2.07. The maximum atomic E-state index is 11.9. The van der Waals surface area contributed by atoms with Crippen molar-refractivity contribution >= 4 is 5.91 Å². The molecule has 112 valence electrons. The molecule has 1 aromatic heterocycles. The number of carbonyl (C=O) groups excluding carboxylic acids is 1. The fourth-order valence-electron chi connectivity index (χ4n) is 2.64. The molecule has 21 heavy (non-hydrogen) atoms. The summed E-state index contributed by atoms with van der Waals surface area (Å²) < 4.78 is 10.1. The largest absolute Gasteiger partial charge is 0.480 e. The summed E-state index contributed by atoms with van der Waals surface area (Å²) in [6.07, 6.45) is 2.82. The average Bonchev–Trinajstić information content (AvgIpc) is 2.84. The Morgan fingerprint density at radius 1 is 1.52 bits per heavy atom. The van der Waals surface area contributed by atoms with Gasteiger partial charge < -0.3 is 14.4 Å². The summed E-state index contributed by atoms with van der Waals surface area (Å²) in [5.41, 5.74) is 1.35. The summed E-state index contributed by atoms with van der Waals surface area (Å²) in [6.45, 7) is 1.87. The van der Waals surface area contributed by atoms with Crippen molar-refractivity contribution in [2.75, 3.05) is 33.9 Å². The molecule has 1 aromatic rings. The summed E-state index contributed by atoms with van der Waals surface area (Å²) in [5.74, 6) is 0.709. The molecule has 1 aliphatic rings. The number of methoxy groups -OCH3 is 2. The fourth-order valence-corrected chi connectivity index (χ4v) is 2.64. The first-order valence-corrected chi connectivity index (χ1v) is 6.88.